The topological polar surface area (TPSA) is 54.5 Å². The Balaban J connectivity index is 1.41. The predicted molar refractivity (Wildman–Crippen MR) is 114 cm³/mol. The Morgan fingerprint density at radius 3 is 2.90 bits per heavy atom. The Kier molecular flexibility index (Phi) is 5.97. The van der Waals surface area contributed by atoms with Crippen molar-refractivity contribution < 1.29 is 13.9 Å². The number of hydrogen-bond acceptors (Lipinski definition) is 5. The lowest BCUT2D eigenvalue weighted by molar-refractivity contribution is -0.135. The van der Waals surface area contributed by atoms with Gasteiger partial charge in [0.1, 0.15) is 11.6 Å². The van der Waals surface area contributed by atoms with Crippen LogP contribution in [0.1, 0.15) is 31.6 Å². The number of nitrogens with one attached hydrogen (secondary N) is 1. The summed E-state index contributed by atoms with van der Waals surface area (Å²) >= 11 is 7.61. The standard InChI is InChI=1S/C21H25ClFN3O2S/c1-12(2)20(27)26-6-3-13(4-7-26)11-24-21-25-19-14-9-15(22)16(23)10-17(14)28-8-5-18(19)29-21/h9-10,12-13H,3-8,11H2,1-2H3,(H,24,25). The summed E-state index contributed by atoms with van der Waals surface area (Å²) in [6.07, 6.45) is 2.74. The number of halogens is 2. The molecule has 4 rings (SSSR count). The van der Waals surface area contributed by atoms with E-state index < -0.39 is 5.82 Å². The molecule has 29 heavy (non-hydrogen) atoms. The molecular weight excluding hydrogens is 413 g/mol. The number of hydrogen-bond donors (Lipinski definition) is 1. The minimum absolute atomic E-state index is 0.0595. The molecule has 0 bridgehead atoms. The van der Waals surface area contributed by atoms with Gasteiger partial charge in [-0.25, -0.2) is 9.37 Å². The molecular formula is C21H25ClFN3O2S. The number of aromatic nitrogens is 1. The zero-order chi connectivity index (χ0) is 20.5. The Morgan fingerprint density at radius 1 is 1.41 bits per heavy atom. The lowest BCUT2D eigenvalue weighted by Gasteiger charge is -2.33. The number of nitrogens with zero attached hydrogens (tertiary/aromatic N) is 2. The molecule has 1 amide bonds. The highest BCUT2D eigenvalue weighted by Gasteiger charge is 2.25. The third-order valence-electron chi connectivity index (χ3n) is 5.52. The number of amides is 1. The number of benzene rings is 1. The first-order valence-electron chi connectivity index (χ1n) is 10.1. The molecule has 0 aliphatic carbocycles. The highest BCUT2D eigenvalue weighted by molar-refractivity contribution is 7.16. The van der Waals surface area contributed by atoms with E-state index in [9.17, 15) is 9.18 Å². The smallest absolute Gasteiger partial charge is 0.225 e. The highest BCUT2D eigenvalue weighted by Crippen LogP contribution is 2.41. The third-order valence-corrected chi connectivity index (χ3v) is 6.89. The molecule has 0 radical (unpaired) electrons. The van der Waals surface area contributed by atoms with Crippen molar-refractivity contribution in [1.82, 2.24) is 9.88 Å². The zero-order valence-corrected chi connectivity index (χ0v) is 18.2. The maximum atomic E-state index is 13.8. The number of ether oxygens (including phenoxy) is 1. The van der Waals surface area contributed by atoms with Crippen LogP contribution in [0, 0.1) is 17.7 Å². The van der Waals surface area contributed by atoms with E-state index in [1.807, 2.05) is 18.7 Å². The number of carbonyl (C=O) groups excluding carboxylic acids is 1. The normalized spacial score (nSPS) is 16.8. The van der Waals surface area contributed by atoms with E-state index in [-0.39, 0.29) is 16.8 Å². The van der Waals surface area contributed by atoms with Gasteiger partial charge in [-0.05, 0) is 24.8 Å². The van der Waals surface area contributed by atoms with Gasteiger partial charge in [0.25, 0.3) is 0 Å². The van der Waals surface area contributed by atoms with Crippen LogP contribution in [0.3, 0.4) is 0 Å². The molecule has 0 spiro atoms. The van der Waals surface area contributed by atoms with E-state index in [1.54, 1.807) is 17.4 Å². The summed E-state index contributed by atoms with van der Waals surface area (Å²) in [5.74, 6) is 0.837. The number of rotatable bonds is 4. The molecule has 2 aromatic rings. The van der Waals surface area contributed by atoms with Gasteiger partial charge in [-0.3, -0.25) is 4.79 Å². The van der Waals surface area contributed by atoms with Crippen LogP contribution in [0.5, 0.6) is 5.75 Å². The summed E-state index contributed by atoms with van der Waals surface area (Å²) in [5, 5.41) is 4.41. The van der Waals surface area contributed by atoms with Crippen molar-refractivity contribution in [1.29, 1.82) is 0 Å². The Hall–Kier alpha value is -1.86. The van der Waals surface area contributed by atoms with Gasteiger partial charge in [-0.2, -0.15) is 0 Å². The molecule has 1 aromatic heterocycles. The molecule has 1 aromatic carbocycles. The predicted octanol–water partition coefficient (Wildman–Crippen LogP) is 4.84. The van der Waals surface area contributed by atoms with Gasteiger partial charge in [-0.15, -0.1) is 11.3 Å². The lowest BCUT2D eigenvalue weighted by atomic mass is 9.96. The summed E-state index contributed by atoms with van der Waals surface area (Å²) in [7, 11) is 0. The third kappa shape index (κ3) is 4.36. The number of thiazole rings is 1. The van der Waals surface area contributed by atoms with Gasteiger partial charge in [0.15, 0.2) is 5.13 Å². The average Bonchev–Trinajstić information content (AvgIpc) is 3.04. The average molecular weight is 438 g/mol. The molecule has 0 saturated carbocycles. The van der Waals surface area contributed by atoms with Gasteiger partial charge in [0.05, 0.1) is 17.3 Å². The summed E-state index contributed by atoms with van der Waals surface area (Å²) < 4.78 is 19.5. The second-order valence-electron chi connectivity index (χ2n) is 7.96. The van der Waals surface area contributed by atoms with Crippen LogP contribution in [0.15, 0.2) is 12.1 Å². The van der Waals surface area contributed by atoms with E-state index in [2.05, 4.69) is 5.32 Å². The van der Waals surface area contributed by atoms with E-state index in [0.29, 0.717) is 18.3 Å². The fourth-order valence-electron chi connectivity index (χ4n) is 3.85. The van der Waals surface area contributed by atoms with Crippen molar-refractivity contribution in [2.75, 3.05) is 31.6 Å². The van der Waals surface area contributed by atoms with Crippen molar-refractivity contribution >= 4 is 34.0 Å². The van der Waals surface area contributed by atoms with Crippen molar-refractivity contribution in [3.8, 4) is 17.0 Å². The molecule has 8 heteroatoms. The van der Waals surface area contributed by atoms with Crippen LogP contribution in [-0.2, 0) is 11.2 Å². The summed E-state index contributed by atoms with van der Waals surface area (Å²) in [6.45, 7) is 6.88. The first-order chi connectivity index (χ1) is 13.9. The fourth-order valence-corrected chi connectivity index (χ4v) is 4.98. The number of likely N-dealkylation sites (tertiary alicyclic amines) is 1. The molecule has 1 fully saturated rings. The van der Waals surface area contributed by atoms with Crippen LogP contribution in [0.4, 0.5) is 9.52 Å². The lowest BCUT2D eigenvalue weighted by Crippen LogP contribution is -2.41. The number of piperidine rings is 1. The largest absolute Gasteiger partial charge is 0.492 e. The minimum Gasteiger partial charge on any atom is -0.492 e. The van der Waals surface area contributed by atoms with Crippen LogP contribution in [0.2, 0.25) is 5.02 Å². The first kappa shape index (κ1) is 20.4. The molecule has 2 aliphatic rings. The van der Waals surface area contributed by atoms with Gasteiger partial charge >= 0.3 is 0 Å². The van der Waals surface area contributed by atoms with E-state index in [1.165, 1.54) is 6.07 Å². The highest BCUT2D eigenvalue weighted by atomic mass is 35.5. The van der Waals surface area contributed by atoms with Gasteiger partial charge in [0.2, 0.25) is 5.91 Å². The van der Waals surface area contributed by atoms with Crippen molar-refractivity contribution in [3.63, 3.8) is 0 Å². The van der Waals surface area contributed by atoms with Crippen LogP contribution < -0.4 is 10.1 Å². The SMILES string of the molecule is CC(C)C(=O)N1CCC(CNc2nc3c(s2)CCOc2cc(F)c(Cl)cc2-3)CC1. The number of fused-ring (bicyclic) bond motifs is 3. The first-order valence-corrected chi connectivity index (χ1v) is 11.3. The van der Waals surface area contributed by atoms with E-state index in [4.69, 9.17) is 21.3 Å². The molecule has 156 valence electrons. The Morgan fingerprint density at radius 2 is 2.17 bits per heavy atom. The fraction of sp³-hybridized carbons (Fsp3) is 0.524. The maximum Gasteiger partial charge on any atom is 0.225 e. The second-order valence-corrected chi connectivity index (χ2v) is 9.45. The maximum absolute atomic E-state index is 13.8. The van der Waals surface area contributed by atoms with Gasteiger partial charge < -0.3 is 15.0 Å². The molecule has 3 heterocycles. The number of anilines is 1. The molecule has 0 atom stereocenters. The van der Waals surface area contributed by atoms with Crippen LogP contribution >= 0.6 is 22.9 Å². The van der Waals surface area contributed by atoms with Crippen LogP contribution in [0.25, 0.3) is 11.3 Å². The van der Waals surface area contributed by atoms with Gasteiger partial charge in [-0.1, -0.05) is 25.4 Å². The van der Waals surface area contributed by atoms with E-state index >= 15 is 0 Å². The minimum atomic E-state index is -0.482. The van der Waals surface area contributed by atoms with Crippen molar-refractivity contribution in [2.45, 2.75) is 33.1 Å². The summed E-state index contributed by atoms with van der Waals surface area (Å²) in [4.78, 5) is 20.0. The molecule has 0 unspecified atom stereocenters. The summed E-state index contributed by atoms with van der Waals surface area (Å²) in [5.41, 5.74) is 1.57. The molecule has 1 N–H and O–H groups in total. The Labute approximate surface area is 179 Å². The van der Waals surface area contributed by atoms with Gasteiger partial charge in [0, 0.05) is 48.5 Å². The number of carbonyl (C=O) groups is 1. The molecule has 2 aliphatic heterocycles. The second kappa shape index (κ2) is 8.48. The van der Waals surface area contributed by atoms with Crippen molar-refractivity contribution in [3.05, 3.63) is 27.8 Å². The quantitative estimate of drug-likeness (QED) is 0.743. The molecule has 1 saturated heterocycles. The molecule has 5 nitrogen and oxygen atoms in total. The summed E-state index contributed by atoms with van der Waals surface area (Å²) in [6, 6.07) is 2.94. The van der Waals surface area contributed by atoms with Crippen LogP contribution in [-0.4, -0.2) is 42.0 Å². The zero-order valence-electron chi connectivity index (χ0n) is 16.6. The monoisotopic (exact) mass is 437 g/mol. The van der Waals surface area contributed by atoms with E-state index in [0.717, 1.165) is 60.2 Å². The van der Waals surface area contributed by atoms with Crippen molar-refractivity contribution in [2.24, 2.45) is 11.8 Å². The Bertz CT molecular complexity index is 910.